The summed E-state index contributed by atoms with van der Waals surface area (Å²) in [5.41, 5.74) is 0.0968. The van der Waals surface area contributed by atoms with Crippen LogP contribution < -0.4 is 0 Å². The molecule has 162 valence electrons. The van der Waals surface area contributed by atoms with E-state index in [1.165, 1.54) is 48.5 Å². The summed E-state index contributed by atoms with van der Waals surface area (Å²) in [6.07, 6.45) is -3.29. The molecule has 0 N–H and O–H groups in total. The molecule has 2 aliphatic rings. The van der Waals surface area contributed by atoms with Gasteiger partial charge in [-0.05, 0) is 48.5 Å². The number of esters is 2. The highest BCUT2D eigenvalue weighted by atomic mass is 35.5. The van der Waals surface area contributed by atoms with Crippen LogP contribution in [0.15, 0.2) is 48.5 Å². The number of benzene rings is 2. The second kappa shape index (κ2) is 8.29. The molecular formula is C22H12Cl2O8. The lowest BCUT2D eigenvalue weighted by Crippen LogP contribution is -2.44. The number of carbonyl (C=O) groups is 6. The van der Waals surface area contributed by atoms with Crippen molar-refractivity contribution in [3.05, 3.63) is 69.7 Å². The Hall–Kier alpha value is -3.36. The quantitative estimate of drug-likeness (QED) is 0.280. The molecule has 2 fully saturated rings. The third-order valence-electron chi connectivity index (χ3n) is 5.26. The zero-order chi connectivity index (χ0) is 23.2. The summed E-state index contributed by atoms with van der Waals surface area (Å²) < 4.78 is 10.1. The molecule has 0 bridgehead atoms. The fourth-order valence-corrected chi connectivity index (χ4v) is 3.94. The molecule has 0 unspecified atom stereocenters. The number of cyclic esters (lactones) is 2. The molecule has 4 rings (SSSR count). The van der Waals surface area contributed by atoms with E-state index in [0.29, 0.717) is 10.0 Å². The second-order valence-electron chi connectivity index (χ2n) is 7.17. The normalized spacial score (nSPS) is 24.9. The van der Waals surface area contributed by atoms with Gasteiger partial charge in [0.1, 0.15) is 11.8 Å². The topological polar surface area (TPSA) is 121 Å². The summed E-state index contributed by atoms with van der Waals surface area (Å²) in [4.78, 5) is 75.0. The molecule has 2 saturated heterocycles. The lowest BCUT2D eigenvalue weighted by atomic mass is 9.81. The van der Waals surface area contributed by atoms with Crippen molar-refractivity contribution in [2.75, 3.05) is 0 Å². The lowest BCUT2D eigenvalue weighted by molar-refractivity contribution is -0.157. The van der Waals surface area contributed by atoms with Crippen LogP contribution in [-0.4, -0.2) is 47.3 Å². The third kappa shape index (κ3) is 3.72. The van der Waals surface area contributed by atoms with Crippen molar-refractivity contribution in [2.24, 2.45) is 11.8 Å². The minimum Gasteiger partial charge on any atom is -0.451 e. The average Bonchev–Trinajstić information content (AvgIpc) is 3.23. The van der Waals surface area contributed by atoms with Crippen molar-refractivity contribution < 1.29 is 38.2 Å². The third-order valence-corrected chi connectivity index (χ3v) is 5.76. The fourth-order valence-electron chi connectivity index (χ4n) is 3.69. The van der Waals surface area contributed by atoms with Crippen LogP contribution in [0.2, 0.25) is 10.0 Å². The summed E-state index contributed by atoms with van der Waals surface area (Å²) in [6.45, 7) is 0. The Morgan fingerprint density at radius 1 is 0.594 bits per heavy atom. The van der Waals surface area contributed by atoms with E-state index < -0.39 is 59.1 Å². The largest absolute Gasteiger partial charge is 0.451 e. The number of hydrogen-bond acceptors (Lipinski definition) is 8. The Morgan fingerprint density at radius 3 is 1.22 bits per heavy atom. The van der Waals surface area contributed by atoms with Gasteiger partial charge >= 0.3 is 11.9 Å². The predicted octanol–water partition coefficient (Wildman–Crippen LogP) is 2.28. The predicted molar refractivity (Wildman–Crippen MR) is 108 cm³/mol. The van der Waals surface area contributed by atoms with Crippen molar-refractivity contribution in [3.8, 4) is 0 Å². The van der Waals surface area contributed by atoms with Crippen molar-refractivity contribution in [1.29, 1.82) is 0 Å². The molecule has 0 amide bonds. The van der Waals surface area contributed by atoms with E-state index in [0.717, 1.165) is 0 Å². The maximum Gasteiger partial charge on any atom is 0.376 e. The molecule has 0 radical (unpaired) electrons. The van der Waals surface area contributed by atoms with E-state index in [1.54, 1.807) is 0 Å². The summed E-state index contributed by atoms with van der Waals surface area (Å²) in [5.74, 6) is -9.97. The first-order valence-electron chi connectivity index (χ1n) is 9.28. The molecule has 32 heavy (non-hydrogen) atoms. The molecule has 2 aromatic carbocycles. The second-order valence-corrected chi connectivity index (χ2v) is 8.04. The Kier molecular flexibility index (Phi) is 5.66. The van der Waals surface area contributed by atoms with Crippen LogP contribution >= 0.6 is 23.2 Å². The van der Waals surface area contributed by atoms with Gasteiger partial charge in [-0.3, -0.25) is 19.2 Å². The molecular weight excluding hydrogens is 463 g/mol. The summed E-state index contributed by atoms with van der Waals surface area (Å²) in [6, 6.07) is 11.0. The molecule has 0 aliphatic carbocycles. The van der Waals surface area contributed by atoms with Gasteiger partial charge in [0.2, 0.25) is 0 Å². The molecule has 2 heterocycles. The van der Waals surface area contributed by atoms with Crippen molar-refractivity contribution in [3.63, 3.8) is 0 Å². The Balaban J connectivity index is 1.71. The average molecular weight is 475 g/mol. The zero-order valence-electron chi connectivity index (χ0n) is 16.0. The number of rotatable bonds is 5. The van der Waals surface area contributed by atoms with Crippen LogP contribution in [0.25, 0.3) is 0 Å². The van der Waals surface area contributed by atoms with E-state index >= 15 is 0 Å². The summed E-state index contributed by atoms with van der Waals surface area (Å²) >= 11 is 11.6. The van der Waals surface area contributed by atoms with Gasteiger partial charge in [0.25, 0.3) is 11.6 Å². The Morgan fingerprint density at radius 2 is 0.906 bits per heavy atom. The van der Waals surface area contributed by atoms with Gasteiger partial charge in [0, 0.05) is 21.2 Å². The first-order valence-corrected chi connectivity index (χ1v) is 10.0. The minimum atomic E-state index is -1.70. The van der Waals surface area contributed by atoms with Crippen molar-refractivity contribution in [2.45, 2.75) is 12.2 Å². The lowest BCUT2D eigenvalue weighted by Gasteiger charge is -2.24. The van der Waals surface area contributed by atoms with Gasteiger partial charge < -0.3 is 9.47 Å². The fraction of sp³-hybridized carbons (Fsp3) is 0.182. The molecule has 0 spiro atoms. The first kappa shape index (κ1) is 21.9. The Bertz CT molecular complexity index is 1080. The molecule has 4 atom stereocenters. The number of halogens is 2. The molecule has 2 aliphatic heterocycles. The maximum atomic E-state index is 13.0. The number of ketones is 4. The highest BCUT2D eigenvalue weighted by Crippen LogP contribution is 2.35. The number of hydrogen-bond donors (Lipinski definition) is 0. The number of ether oxygens (including phenoxy) is 2. The molecule has 8 nitrogen and oxygen atoms in total. The smallest absolute Gasteiger partial charge is 0.376 e. The van der Waals surface area contributed by atoms with Gasteiger partial charge in [-0.15, -0.1) is 0 Å². The van der Waals surface area contributed by atoms with Gasteiger partial charge in [-0.1, -0.05) is 23.2 Å². The van der Waals surface area contributed by atoms with Gasteiger partial charge in [-0.2, -0.15) is 0 Å². The summed E-state index contributed by atoms with van der Waals surface area (Å²) in [7, 11) is 0. The van der Waals surface area contributed by atoms with E-state index in [-0.39, 0.29) is 11.1 Å². The van der Waals surface area contributed by atoms with Crippen LogP contribution in [0.3, 0.4) is 0 Å². The van der Waals surface area contributed by atoms with Gasteiger partial charge in [0.15, 0.2) is 23.8 Å². The highest BCUT2D eigenvalue weighted by Gasteiger charge is 2.60. The Labute approximate surface area is 190 Å². The molecule has 0 aromatic heterocycles. The van der Waals surface area contributed by atoms with E-state index in [2.05, 4.69) is 0 Å². The minimum absolute atomic E-state index is 0.0484. The monoisotopic (exact) mass is 474 g/mol. The molecule has 2 aromatic rings. The van der Waals surface area contributed by atoms with Crippen LogP contribution in [0, 0.1) is 11.8 Å². The van der Waals surface area contributed by atoms with E-state index in [9.17, 15) is 28.8 Å². The number of carbonyl (C=O) groups excluding carboxylic acids is 6. The standard InChI is InChI=1S/C22H12Cl2O8/c23-11-5-1-9(2-6-11)15(25)13-17(27)21(29)31-19(13)20-14(18(28)22(30)32-20)16(26)10-3-7-12(24)8-4-10/h1-8,13-14,19-20H/t13-,14-,19-,20+/m1/s1. The van der Waals surface area contributed by atoms with Crippen LogP contribution in [0.5, 0.6) is 0 Å². The van der Waals surface area contributed by atoms with E-state index in [4.69, 9.17) is 32.7 Å². The van der Waals surface area contributed by atoms with Gasteiger partial charge in [0.05, 0.1) is 0 Å². The molecule has 10 heteroatoms. The van der Waals surface area contributed by atoms with Gasteiger partial charge in [-0.25, -0.2) is 9.59 Å². The maximum absolute atomic E-state index is 13.0. The van der Waals surface area contributed by atoms with Crippen molar-refractivity contribution in [1.82, 2.24) is 0 Å². The van der Waals surface area contributed by atoms with E-state index in [1.807, 2.05) is 0 Å². The molecule has 0 saturated carbocycles. The van der Waals surface area contributed by atoms with Crippen molar-refractivity contribution >= 4 is 58.3 Å². The van der Waals surface area contributed by atoms with Crippen LogP contribution in [-0.2, 0) is 28.7 Å². The van der Waals surface area contributed by atoms with Crippen LogP contribution in [0.1, 0.15) is 20.7 Å². The first-order chi connectivity index (χ1) is 15.2. The highest BCUT2D eigenvalue weighted by molar-refractivity contribution is 6.43. The van der Waals surface area contributed by atoms with Crippen LogP contribution in [0.4, 0.5) is 0 Å². The summed E-state index contributed by atoms with van der Waals surface area (Å²) in [5, 5.41) is 0.680. The SMILES string of the molecule is O=C1O[C@@H]([C@H]2OC(=O)C(=O)[C@H]2C(=O)c2ccc(Cl)cc2)[C@H](C(=O)c2ccc(Cl)cc2)C1=O. The zero-order valence-corrected chi connectivity index (χ0v) is 17.5. The number of Topliss-reactive ketones (excluding diaryl/α,β-unsaturated/α-hetero) is 4.